The number of ketones is 1. The summed E-state index contributed by atoms with van der Waals surface area (Å²) in [5.41, 5.74) is -4.30. The number of aromatic nitrogens is 2. The molecule has 0 atom stereocenters. The van der Waals surface area contributed by atoms with Crippen molar-refractivity contribution in [2.75, 3.05) is 0 Å². The van der Waals surface area contributed by atoms with Crippen LogP contribution in [0.4, 0.5) is 13.2 Å². The van der Waals surface area contributed by atoms with Gasteiger partial charge in [-0.3, -0.25) is 14.6 Å². The van der Waals surface area contributed by atoms with Crippen LogP contribution in [0.25, 0.3) is 5.69 Å². The van der Waals surface area contributed by atoms with Gasteiger partial charge in [-0.15, -0.1) is 0 Å². The molecule has 23 heavy (non-hydrogen) atoms. The number of rotatable bonds is 3. The number of aromatic amines is 1. The molecule has 2 N–H and O–H groups in total. The Bertz CT molecular complexity index is 881. The smallest absolute Gasteiger partial charge is 0.416 e. The van der Waals surface area contributed by atoms with Gasteiger partial charge in [0, 0.05) is 6.42 Å². The highest BCUT2D eigenvalue weighted by molar-refractivity contribution is 5.97. The molecule has 2 aromatic rings. The molecule has 0 saturated heterocycles. The maximum atomic E-state index is 12.7. The van der Waals surface area contributed by atoms with E-state index in [4.69, 9.17) is 0 Å². The second-order valence-corrected chi connectivity index (χ2v) is 4.62. The highest BCUT2D eigenvalue weighted by atomic mass is 19.4. The van der Waals surface area contributed by atoms with Gasteiger partial charge in [0.05, 0.1) is 11.3 Å². The Morgan fingerprint density at radius 2 is 1.96 bits per heavy atom. The highest BCUT2D eigenvalue weighted by Gasteiger charge is 2.31. The Morgan fingerprint density at radius 1 is 1.30 bits per heavy atom. The lowest BCUT2D eigenvalue weighted by atomic mass is 10.1. The summed E-state index contributed by atoms with van der Waals surface area (Å²) in [6.45, 7) is 1.43. The summed E-state index contributed by atoms with van der Waals surface area (Å²) < 4.78 is 38.7. The van der Waals surface area contributed by atoms with Crippen molar-refractivity contribution in [2.24, 2.45) is 0 Å². The van der Waals surface area contributed by atoms with Crippen LogP contribution in [-0.4, -0.2) is 20.4 Å². The fourth-order valence-corrected chi connectivity index (χ4v) is 2.01. The Labute approximate surface area is 126 Å². The third-order valence-corrected chi connectivity index (χ3v) is 3.12. The van der Waals surface area contributed by atoms with Gasteiger partial charge in [0.25, 0.3) is 5.56 Å². The molecule has 0 fully saturated rings. The van der Waals surface area contributed by atoms with Crippen molar-refractivity contribution in [3.8, 4) is 11.6 Å². The monoisotopic (exact) mass is 328 g/mol. The molecule has 0 aliphatic rings. The molecule has 6 nitrogen and oxygen atoms in total. The molecule has 0 saturated carbocycles. The summed E-state index contributed by atoms with van der Waals surface area (Å²) in [6.07, 6.45) is -4.78. The van der Waals surface area contributed by atoms with Gasteiger partial charge in [0.2, 0.25) is 5.88 Å². The Balaban J connectivity index is 2.77. The van der Waals surface area contributed by atoms with Crippen LogP contribution in [0.1, 0.15) is 29.3 Å². The molecule has 1 heterocycles. The van der Waals surface area contributed by atoms with E-state index in [0.717, 1.165) is 18.2 Å². The van der Waals surface area contributed by atoms with Gasteiger partial charge in [-0.25, -0.2) is 9.36 Å². The van der Waals surface area contributed by atoms with Gasteiger partial charge in [0.15, 0.2) is 5.78 Å². The van der Waals surface area contributed by atoms with Crippen LogP contribution < -0.4 is 11.2 Å². The van der Waals surface area contributed by atoms with E-state index >= 15 is 0 Å². The van der Waals surface area contributed by atoms with Crippen molar-refractivity contribution in [1.82, 2.24) is 9.55 Å². The number of aromatic hydroxyl groups is 1. The summed E-state index contributed by atoms with van der Waals surface area (Å²) >= 11 is 0. The van der Waals surface area contributed by atoms with Gasteiger partial charge in [0.1, 0.15) is 5.56 Å². The van der Waals surface area contributed by atoms with E-state index in [9.17, 15) is 32.7 Å². The summed E-state index contributed by atoms with van der Waals surface area (Å²) in [5, 5.41) is 10.0. The Morgan fingerprint density at radius 3 is 2.52 bits per heavy atom. The largest absolute Gasteiger partial charge is 0.493 e. The highest BCUT2D eigenvalue weighted by Crippen LogP contribution is 2.30. The number of nitrogens with zero attached hydrogens (tertiary/aromatic N) is 1. The fraction of sp³-hybridized carbons (Fsp3) is 0.214. The lowest BCUT2D eigenvalue weighted by Gasteiger charge is -2.13. The summed E-state index contributed by atoms with van der Waals surface area (Å²) in [4.78, 5) is 37.0. The normalized spacial score (nSPS) is 11.5. The van der Waals surface area contributed by atoms with Crippen molar-refractivity contribution in [3.05, 3.63) is 56.2 Å². The zero-order valence-electron chi connectivity index (χ0n) is 11.8. The van der Waals surface area contributed by atoms with E-state index in [1.165, 1.54) is 6.92 Å². The third kappa shape index (κ3) is 3.03. The van der Waals surface area contributed by atoms with Crippen molar-refractivity contribution < 1.29 is 23.1 Å². The predicted octanol–water partition coefficient (Wildman–Crippen LogP) is 1.84. The van der Waals surface area contributed by atoms with Gasteiger partial charge in [-0.05, 0) is 18.2 Å². The number of nitrogens with one attached hydrogen (secondary N) is 1. The second-order valence-electron chi connectivity index (χ2n) is 4.62. The average Bonchev–Trinajstić information content (AvgIpc) is 2.45. The minimum atomic E-state index is -4.65. The predicted molar refractivity (Wildman–Crippen MR) is 73.9 cm³/mol. The molecule has 0 unspecified atom stereocenters. The summed E-state index contributed by atoms with van der Waals surface area (Å²) in [5.74, 6) is -1.74. The number of carbonyl (C=O) groups is 1. The van der Waals surface area contributed by atoms with Crippen LogP contribution in [0.2, 0.25) is 0 Å². The van der Waals surface area contributed by atoms with Gasteiger partial charge < -0.3 is 5.11 Å². The van der Waals surface area contributed by atoms with Crippen molar-refractivity contribution in [2.45, 2.75) is 19.5 Å². The molecule has 0 radical (unpaired) electrons. The zero-order chi connectivity index (χ0) is 17.4. The van der Waals surface area contributed by atoms with E-state index in [1.54, 1.807) is 0 Å². The van der Waals surface area contributed by atoms with Gasteiger partial charge in [-0.2, -0.15) is 13.2 Å². The molecule has 1 aromatic heterocycles. The van der Waals surface area contributed by atoms with Crippen LogP contribution in [0.5, 0.6) is 5.88 Å². The van der Waals surface area contributed by atoms with E-state index in [2.05, 4.69) is 0 Å². The summed E-state index contributed by atoms with van der Waals surface area (Å²) in [7, 11) is 0. The molecule has 1 aromatic carbocycles. The molecule has 2 rings (SSSR count). The topological polar surface area (TPSA) is 92.2 Å². The first-order valence-electron chi connectivity index (χ1n) is 6.46. The third-order valence-electron chi connectivity index (χ3n) is 3.12. The molecular formula is C14H11F3N2O4. The van der Waals surface area contributed by atoms with Crippen LogP contribution >= 0.6 is 0 Å². The first-order chi connectivity index (χ1) is 10.7. The molecule has 0 aliphatic heterocycles. The number of carbonyl (C=O) groups excluding carboxylic acids is 1. The maximum absolute atomic E-state index is 12.7. The molecular weight excluding hydrogens is 317 g/mol. The van der Waals surface area contributed by atoms with Crippen molar-refractivity contribution >= 4 is 5.78 Å². The first-order valence-corrected chi connectivity index (χ1v) is 6.46. The number of hydrogen-bond donors (Lipinski definition) is 2. The van der Waals surface area contributed by atoms with Crippen LogP contribution in [0, 0.1) is 0 Å². The molecule has 0 amide bonds. The molecule has 0 spiro atoms. The number of H-pyrrole nitrogens is 1. The molecule has 9 heteroatoms. The Kier molecular flexibility index (Phi) is 4.13. The standard InChI is InChI=1S/C14H11F3N2O4/c1-2-9(20)10-11(21)18-13(23)19(12(10)22)8-5-3-4-7(6-8)14(15,16)17/h3-6,22H,2H2,1H3,(H,18,21,23). The zero-order valence-corrected chi connectivity index (χ0v) is 11.8. The van der Waals surface area contributed by atoms with Gasteiger partial charge >= 0.3 is 11.9 Å². The van der Waals surface area contributed by atoms with Crippen LogP contribution in [-0.2, 0) is 6.18 Å². The quantitative estimate of drug-likeness (QED) is 0.841. The fourth-order valence-electron chi connectivity index (χ4n) is 2.01. The van der Waals surface area contributed by atoms with Gasteiger partial charge in [-0.1, -0.05) is 13.0 Å². The maximum Gasteiger partial charge on any atom is 0.416 e. The van der Waals surface area contributed by atoms with Crippen LogP contribution in [0.15, 0.2) is 33.9 Å². The lowest BCUT2D eigenvalue weighted by molar-refractivity contribution is -0.137. The van der Waals surface area contributed by atoms with Crippen molar-refractivity contribution in [1.29, 1.82) is 0 Å². The molecule has 0 bridgehead atoms. The van der Waals surface area contributed by atoms with E-state index in [1.807, 2.05) is 4.98 Å². The number of hydrogen-bond acceptors (Lipinski definition) is 4. The Hall–Kier alpha value is -2.84. The molecule has 0 aliphatic carbocycles. The van der Waals surface area contributed by atoms with E-state index in [0.29, 0.717) is 10.6 Å². The lowest BCUT2D eigenvalue weighted by Crippen LogP contribution is -2.33. The number of benzene rings is 1. The van der Waals surface area contributed by atoms with Crippen LogP contribution in [0.3, 0.4) is 0 Å². The van der Waals surface area contributed by atoms with Crippen molar-refractivity contribution in [3.63, 3.8) is 0 Å². The summed E-state index contributed by atoms with van der Waals surface area (Å²) in [6, 6.07) is 3.58. The number of alkyl halides is 3. The average molecular weight is 328 g/mol. The minimum absolute atomic E-state index is 0.128. The van der Waals surface area contributed by atoms with E-state index < -0.39 is 40.2 Å². The SMILES string of the molecule is CCC(=O)c1c(O)n(-c2cccc(C(F)(F)F)c2)c(=O)[nH]c1=O. The van der Waals surface area contributed by atoms with E-state index in [-0.39, 0.29) is 12.1 Å². The molecule has 122 valence electrons. The number of halogens is 3. The second kappa shape index (κ2) is 5.75. The minimum Gasteiger partial charge on any atom is -0.493 e. The first kappa shape index (κ1) is 16.5. The number of Topliss-reactive ketones (excluding diaryl/α,β-unsaturated/α-hetero) is 1.